The van der Waals surface area contributed by atoms with E-state index in [2.05, 4.69) is 5.92 Å². The molecule has 1 N–H and O–H groups in total. The first kappa shape index (κ1) is 8.52. The topological polar surface area (TPSA) is 61.1 Å². The second-order valence-electron chi connectivity index (χ2n) is 2.16. The largest absolute Gasteiger partial charge is 0.481 e. The summed E-state index contributed by atoms with van der Waals surface area (Å²) in [6, 6.07) is 1.74. The van der Waals surface area contributed by atoms with E-state index < -0.39 is 11.4 Å². The van der Waals surface area contributed by atoms with Gasteiger partial charge in [-0.3, -0.25) is 4.79 Å². The fourth-order valence-electron chi connectivity index (χ4n) is 0.425. The van der Waals surface area contributed by atoms with Gasteiger partial charge in [0, 0.05) is 0 Å². The number of carbonyl (C=O) groups is 1. The van der Waals surface area contributed by atoms with Crippen molar-refractivity contribution in [3.8, 4) is 18.4 Å². The average Bonchev–Trinajstić information content (AvgIpc) is 1.87. The van der Waals surface area contributed by atoms with Crippen molar-refractivity contribution in [3.63, 3.8) is 0 Å². The standard InChI is InChI=1S/C7H7NO2/c1-3-7(2,5-8)4-6(9)10/h1H,4H2,2H3,(H,9,10). The lowest BCUT2D eigenvalue weighted by molar-refractivity contribution is -0.138. The van der Waals surface area contributed by atoms with Gasteiger partial charge in [-0.15, -0.1) is 6.42 Å². The molecule has 3 heteroatoms. The number of rotatable bonds is 2. The van der Waals surface area contributed by atoms with Crippen molar-refractivity contribution in [2.45, 2.75) is 13.3 Å². The summed E-state index contributed by atoms with van der Waals surface area (Å²) >= 11 is 0. The molecule has 0 radical (unpaired) electrons. The fraction of sp³-hybridized carbons (Fsp3) is 0.429. The summed E-state index contributed by atoms with van der Waals surface area (Å²) in [6.07, 6.45) is 4.62. The first-order valence-electron chi connectivity index (χ1n) is 2.65. The summed E-state index contributed by atoms with van der Waals surface area (Å²) < 4.78 is 0. The van der Waals surface area contributed by atoms with Crippen molar-refractivity contribution in [2.24, 2.45) is 5.41 Å². The van der Waals surface area contributed by atoms with Crippen LogP contribution in [0.4, 0.5) is 0 Å². The van der Waals surface area contributed by atoms with E-state index in [1.807, 2.05) is 0 Å². The zero-order chi connectivity index (χ0) is 8.20. The van der Waals surface area contributed by atoms with Crippen LogP contribution in [0.3, 0.4) is 0 Å². The molecule has 0 amide bonds. The molecule has 0 saturated carbocycles. The Labute approximate surface area is 59.3 Å². The van der Waals surface area contributed by atoms with Crippen molar-refractivity contribution in [2.75, 3.05) is 0 Å². The van der Waals surface area contributed by atoms with Gasteiger partial charge < -0.3 is 5.11 Å². The molecular formula is C7H7NO2. The fourth-order valence-corrected chi connectivity index (χ4v) is 0.425. The number of terminal acetylenes is 1. The molecule has 0 rings (SSSR count). The summed E-state index contributed by atoms with van der Waals surface area (Å²) in [7, 11) is 0. The smallest absolute Gasteiger partial charge is 0.305 e. The van der Waals surface area contributed by atoms with Gasteiger partial charge in [0.1, 0.15) is 5.41 Å². The number of carboxylic acid groups (broad SMARTS) is 1. The lowest BCUT2D eigenvalue weighted by Gasteiger charge is -2.08. The van der Waals surface area contributed by atoms with Gasteiger partial charge in [-0.05, 0) is 6.92 Å². The molecule has 0 aromatic carbocycles. The zero-order valence-electron chi connectivity index (χ0n) is 5.59. The van der Waals surface area contributed by atoms with Gasteiger partial charge in [-0.2, -0.15) is 5.26 Å². The lowest BCUT2D eigenvalue weighted by Crippen LogP contribution is -2.15. The van der Waals surface area contributed by atoms with E-state index >= 15 is 0 Å². The summed E-state index contributed by atoms with van der Waals surface area (Å²) in [5.74, 6) is 1.06. The number of nitriles is 1. The minimum absolute atomic E-state index is 0.306. The number of nitrogens with zero attached hydrogens (tertiary/aromatic N) is 1. The molecule has 0 fully saturated rings. The Morgan fingerprint density at radius 1 is 1.90 bits per heavy atom. The highest BCUT2D eigenvalue weighted by Gasteiger charge is 2.23. The number of aliphatic carboxylic acids is 1. The van der Waals surface area contributed by atoms with Crippen LogP contribution in [0.25, 0.3) is 0 Å². The van der Waals surface area contributed by atoms with Gasteiger partial charge in [0.2, 0.25) is 0 Å². The average molecular weight is 137 g/mol. The van der Waals surface area contributed by atoms with E-state index in [-0.39, 0.29) is 6.42 Å². The van der Waals surface area contributed by atoms with Crippen LogP contribution >= 0.6 is 0 Å². The minimum Gasteiger partial charge on any atom is -0.481 e. The maximum absolute atomic E-state index is 10.1. The van der Waals surface area contributed by atoms with Gasteiger partial charge in [0.15, 0.2) is 0 Å². The Bertz CT molecular complexity index is 205. The lowest BCUT2D eigenvalue weighted by atomic mass is 9.90. The van der Waals surface area contributed by atoms with Crippen molar-refractivity contribution < 1.29 is 9.90 Å². The van der Waals surface area contributed by atoms with E-state index in [0.717, 1.165) is 0 Å². The Morgan fingerprint density at radius 2 is 2.40 bits per heavy atom. The van der Waals surface area contributed by atoms with E-state index in [1.54, 1.807) is 6.07 Å². The Morgan fingerprint density at radius 3 is 2.50 bits per heavy atom. The number of carboxylic acids is 1. The number of hydrogen-bond donors (Lipinski definition) is 1. The quantitative estimate of drug-likeness (QED) is 0.567. The molecule has 0 bridgehead atoms. The third-order valence-electron chi connectivity index (χ3n) is 1.07. The summed E-state index contributed by atoms with van der Waals surface area (Å²) in [5.41, 5.74) is -1.16. The molecule has 0 aliphatic rings. The van der Waals surface area contributed by atoms with Gasteiger partial charge in [0.05, 0.1) is 12.5 Å². The molecule has 3 nitrogen and oxygen atoms in total. The van der Waals surface area contributed by atoms with E-state index in [0.29, 0.717) is 0 Å². The van der Waals surface area contributed by atoms with E-state index in [4.69, 9.17) is 16.8 Å². The van der Waals surface area contributed by atoms with Crippen molar-refractivity contribution in [3.05, 3.63) is 0 Å². The predicted molar refractivity (Wildman–Crippen MR) is 34.8 cm³/mol. The monoisotopic (exact) mass is 137 g/mol. The Hall–Kier alpha value is -1.48. The molecule has 0 aliphatic heterocycles. The normalized spacial score (nSPS) is 14.3. The highest BCUT2D eigenvalue weighted by molar-refractivity contribution is 5.69. The molecular weight excluding hydrogens is 130 g/mol. The molecule has 10 heavy (non-hydrogen) atoms. The molecule has 1 unspecified atom stereocenters. The summed E-state index contributed by atoms with van der Waals surface area (Å²) in [4.78, 5) is 10.1. The van der Waals surface area contributed by atoms with Crippen molar-refractivity contribution in [1.29, 1.82) is 5.26 Å². The molecule has 0 heterocycles. The molecule has 0 saturated heterocycles. The number of hydrogen-bond acceptors (Lipinski definition) is 2. The molecule has 1 atom stereocenters. The first-order valence-corrected chi connectivity index (χ1v) is 2.65. The summed E-state index contributed by atoms with van der Waals surface area (Å²) in [5, 5.41) is 16.6. The minimum atomic E-state index is -1.16. The molecule has 52 valence electrons. The van der Waals surface area contributed by atoms with Crippen LogP contribution in [0, 0.1) is 29.1 Å². The van der Waals surface area contributed by atoms with Gasteiger partial charge in [0.25, 0.3) is 0 Å². The van der Waals surface area contributed by atoms with E-state index in [1.165, 1.54) is 6.92 Å². The van der Waals surface area contributed by atoms with E-state index in [9.17, 15) is 4.79 Å². The van der Waals surface area contributed by atoms with Crippen LogP contribution in [0.2, 0.25) is 0 Å². The Balaban J connectivity index is 4.29. The second kappa shape index (κ2) is 2.89. The zero-order valence-corrected chi connectivity index (χ0v) is 5.59. The molecule has 0 aliphatic carbocycles. The van der Waals surface area contributed by atoms with Crippen LogP contribution in [0.1, 0.15) is 13.3 Å². The van der Waals surface area contributed by atoms with Crippen LogP contribution in [-0.2, 0) is 4.79 Å². The maximum atomic E-state index is 10.1. The SMILES string of the molecule is C#CC(C)(C#N)CC(=O)O. The van der Waals surface area contributed by atoms with Crippen LogP contribution in [0.5, 0.6) is 0 Å². The first-order chi connectivity index (χ1) is 4.54. The predicted octanol–water partition coefficient (Wildman–Crippen LogP) is 0.624. The third-order valence-corrected chi connectivity index (χ3v) is 1.07. The molecule has 0 spiro atoms. The van der Waals surface area contributed by atoms with Crippen LogP contribution in [0.15, 0.2) is 0 Å². The van der Waals surface area contributed by atoms with Gasteiger partial charge in [-0.25, -0.2) is 0 Å². The van der Waals surface area contributed by atoms with Crippen LogP contribution < -0.4 is 0 Å². The van der Waals surface area contributed by atoms with Crippen LogP contribution in [-0.4, -0.2) is 11.1 Å². The second-order valence-corrected chi connectivity index (χ2v) is 2.16. The molecule has 0 aromatic rings. The highest BCUT2D eigenvalue weighted by Crippen LogP contribution is 2.17. The van der Waals surface area contributed by atoms with Gasteiger partial charge in [-0.1, -0.05) is 5.92 Å². The highest BCUT2D eigenvalue weighted by atomic mass is 16.4. The van der Waals surface area contributed by atoms with Crippen molar-refractivity contribution >= 4 is 5.97 Å². The maximum Gasteiger partial charge on any atom is 0.305 e. The summed E-state index contributed by atoms with van der Waals surface area (Å²) in [6.45, 7) is 1.42. The molecule has 0 aromatic heterocycles. The Kier molecular flexibility index (Phi) is 2.46. The van der Waals surface area contributed by atoms with Crippen molar-refractivity contribution in [1.82, 2.24) is 0 Å². The van der Waals surface area contributed by atoms with Gasteiger partial charge >= 0.3 is 5.97 Å². The third kappa shape index (κ3) is 2.19.